The van der Waals surface area contributed by atoms with Gasteiger partial charge in [0, 0.05) is 0 Å². The molecule has 0 saturated carbocycles. The molecule has 1 aliphatic heterocycles. The van der Waals surface area contributed by atoms with Crippen molar-refractivity contribution < 1.29 is 9.59 Å². The summed E-state index contributed by atoms with van der Waals surface area (Å²) in [6.07, 6.45) is 2.70. The molecule has 0 aromatic carbocycles. The molecule has 2 unspecified atom stereocenters. The van der Waals surface area contributed by atoms with Crippen molar-refractivity contribution in [2.24, 2.45) is 11.5 Å². The van der Waals surface area contributed by atoms with E-state index in [1.54, 1.807) is 11.8 Å². The summed E-state index contributed by atoms with van der Waals surface area (Å²) < 4.78 is 0. The van der Waals surface area contributed by atoms with Crippen LogP contribution in [0.4, 0.5) is 0 Å². The summed E-state index contributed by atoms with van der Waals surface area (Å²) in [5.41, 5.74) is 10.5. The van der Waals surface area contributed by atoms with Crippen LogP contribution in [0.5, 0.6) is 0 Å². The van der Waals surface area contributed by atoms with Crippen molar-refractivity contribution in [2.75, 3.05) is 6.54 Å². The predicted octanol–water partition coefficient (Wildman–Crippen LogP) is -0.800. The molecule has 14 heavy (non-hydrogen) atoms. The molecule has 2 atom stereocenters. The summed E-state index contributed by atoms with van der Waals surface area (Å²) in [5, 5.41) is 0. The van der Waals surface area contributed by atoms with Crippen LogP contribution in [0.2, 0.25) is 0 Å². The topological polar surface area (TPSA) is 89.4 Å². The summed E-state index contributed by atoms with van der Waals surface area (Å²) in [6, 6.07) is -0.737. The van der Waals surface area contributed by atoms with Gasteiger partial charge in [0.2, 0.25) is 11.8 Å². The lowest BCUT2D eigenvalue weighted by atomic mass is 9.99. The lowest BCUT2D eigenvalue weighted by molar-refractivity contribution is -0.130. The zero-order valence-corrected chi connectivity index (χ0v) is 8.40. The lowest BCUT2D eigenvalue weighted by Crippen LogP contribution is -2.55. The first kappa shape index (κ1) is 11.0. The molecule has 80 valence electrons. The summed E-state index contributed by atoms with van der Waals surface area (Å²) in [5.74, 6) is -0.768. The largest absolute Gasteiger partial charge is 0.368 e. The minimum atomic E-state index is -0.409. The molecule has 0 aromatic heterocycles. The highest BCUT2D eigenvalue weighted by atomic mass is 16.2. The third kappa shape index (κ3) is 2.23. The van der Waals surface area contributed by atoms with E-state index in [1.807, 2.05) is 0 Å². The zero-order chi connectivity index (χ0) is 10.7. The molecular weight excluding hydrogens is 182 g/mol. The standard InChI is InChI=1S/C9H17N3O2/c1-6(8(10)13)12-5-3-2-4-7(12)9(11)14/h6-7H,2-5H2,1H3,(H2,10,13)(H2,11,14). The van der Waals surface area contributed by atoms with Gasteiger partial charge in [0.1, 0.15) is 0 Å². The van der Waals surface area contributed by atoms with Crippen molar-refractivity contribution in [3.8, 4) is 0 Å². The number of carbonyl (C=O) groups is 2. The molecule has 1 aliphatic rings. The Morgan fingerprint density at radius 2 is 2.00 bits per heavy atom. The minimum Gasteiger partial charge on any atom is -0.368 e. The second-order valence-electron chi connectivity index (χ2n) is 3.73. The number of primary amides is 2. The second kappa shape index (κ2) is 4.41. The Kier molecular flexibility index (Phi) is 3.46. The molecule has 2 amide bonds. The SMILES string of the molecule is CC(C(N)=O)N1CCCCC1C(N)=O. The first-order valence-corrected chi connectivity index (χ1v) is 4.88. The van der Waals surface area contributed by atoms with Gasteiger partial charge in [-0.15, -0.1) is 0 Å². The number of amides is 2. The Balaban J connectivity index is 2.72. The number of nitrogens with two attached hydrogens (primary N) is 2. The molecule has 0 bridgehead atoms. The quantitative estimate of drug-likeness (QED) is 0.623. The minimum absolute atomic E-state index is 0.328. The maximum Gasteiger partial charge on any atom is 0.234 e. The van der Waals surface area contributed by atoms with Crippen molar-refractivity contribution in [1.82, 2.24) is 4.90 Å². The maximum absolute atomic E-state index is 11.1. The van der Waals surface area contributed by atoms with Crippen LogP contribution in [0.25, 0.3) is 0 Å². The van der Waals surface area contributed by atoms with Gasteiger partial charge in [-0.25, -0.2) is 0 Å². The fraction of sp³-hybridized carbons (Fsp3) is 0.778. The molecular formula is C9H17N3O2. The Morgan fingerprint density at radius 1 is 1.36 bits per heavy atom. The van der Waals surface area contributed by atoms with E-state index in [0.717, 1.165) is 25.8 Å². The predicted molar refractivity (Wildman–Crippen MR) is 52.2 cm³/mol. The third-order valence-electron chi connectivity index (χ3n) is 2.78. The van der Waals surface area contributed by atoms with Crippen molar-refractivity contribution in [3.63, 3.8) is 0 Å². The molecule has 0 aliphatic carbocycles. The zero-order valence-electron chi connectivity index (χ0n) is 8.40. The van der Waals surface area contributed by atoms with Crippen LogP contribution in [0.1, 0.15) is 26.2 Å². The molecule has 0 spiro atoms. The van der Waals surface area contributed by atoms with E-state index < -0.39 is 11.9 Å². The smallest absolute Gasteiger partial charge is 0.234 e. The van der Waals surface area contributed by atoms with Crippen LogP contribution in [0, 0.1) is 0 Å². The van der Waals surface area contributed by atoms with Crippen molar-refractivity contribution >= 4 is 11.8 Å². The van der Waals surface area contributed by atoms with Crippen LogP contribution >= 0.6 is 0 Å². The molecule has 5 nitrogen and oxygen atoms in total. The van der Waals surface area contributed by atoms with Gasteiger partial charge in [0.05, 0.1) is 12.1 Å². The molecule has 1 heterocycles. The summed E-state index contributed by atoms with van der Waals surface area (Å²) >= 11 is 0. The van der Waals surface area contributed by atoms with Gasteiger partial charge >= 0.3 is 0 Å². The molecule has 1 fully saturated rings. The van der Waals surface area contributed by atoms with E-state index in [4.69, 9.17) is 11.5 Å². The average Bonchev–Trinajstić information content (AvgIpc) is 2.16. The van der Waals surface area contributed by atoms with Gasteiger partial charge < -0.3 is 11.5 Å². The molecule has 4 N–H and O–H groups in total. The van der Waals surface area contributed by atoms with E-state index in [-0.39, 0.29) is 11.9 Å². The average molecular weight is 199 g/mol. The molecule has 1 saturated heterocycles. The highest BCUT2D eigenvalue weighted by Gasteiger charge is 2.32. The lowest BCUT2D eigenvalue weighted by Gasteiger charge is -2.36. The number of rotatable bonds is 3. The van der Waals surface area contributed by atoms with E-state index in [0.29, 0.717) is 0 Å². The first-order valence-electron chi connectivity index (χ1n) is 4.88. The van der Waals surface area contributed by atoms with E-state index in [2.05, 4.69) is 0 Å². The van der Waals surface area contributed by atoms with Crippen molar-refractivity contribution in [2.45, 2.75) is 38.3 Å². The summed E-state index contributed by atoms with van der Waals surface area (Å²) in [4.78, 5) is 23.9. The Bertz CT molecular complexity index is 242. The monoisotopic (exact) mass is 199 g/mol. The highest BCUT2D eigenvalue weighted by Crippen LogP contribution is 2.19. The number of hydrogen-bond donors (Lipinski definition) is 2. The van der Waals surface area contributed by atoms with Crippen LogP contribution in [0.3, 0.4) is 0 Å². The summed E-state index contributed by atoms with van der Waals surface area (Å²) in [7, 11) is 0. The van der Waals surface area contributed by atoms with Crippen LogP contribution in [-0.2, 0) is 9.59 Å². The van der Waals surface area contributed by atoms with Gasteiger partial charge in [-0.1, -0.05) is 6.42 Å². The van der Waals surface area contributed by atoms with E-state index in [9.17, 15) is 9.59 Å². The van der Waals surface area contributed by atoms with Crippen LogP contribution < -0.4 is 11.5 Å². The van der Waals surface area contributed by atoms with Gasteiger partial charge in [0.25, 0.3) is 0 Å². The van der Waals surface area contributed by atoms with Gasteiger partial charge in [-0.05, 0) is 26.3 Å². The molecule has 0 aromatic rings. The molecule has 5 heteroatoms. The van der Waals surface area contributed by atoms with Crippen molar-refractivity contribution in [3.05, 3.63) is 0 Å². The van der Waals surface area contributed by atoms with E-state index >= 15 is 0 Å². The second-order valence-corrected chi connectivity index (χ2v) is 3.73. The fourth-order valence-corrected chi connectivity index (χ4v) is 1.89. The number of likely N-dealkylation sites (tertiary alicyclic amines) is 1. The first-order chi connectivity index (χ1) is 6.54. The number of nitrogens with zero attached hydrogens (tertiary/aromatic N) is 1. The molecule has 0 radical (unpaired) electrons. The van der Waals surface area contributed by atoms with Crippen LogP contribution in [0.15, 0.2) is 0 Å². The fourth-order valence-electron chi connectivity index (χ4n) is 1.89. The van der Waals surface area contributed by atoms with Crippen LogP contribution in [-0.4, -0.2) is 35.3 Å². The van der Waals surface area contributed by atoms with Crippen molar-refractivity contribution in [1.29, 1.82) is 0 Å². The highest BCUT2D eigenvalue weighted by molar-refractivity contribution is 5.83. The van der Waals surface area contributed by atoms with Gasteiger partial charge in [-0.3, -0.25) is 14.5 Å². The normalized spacial score (nSPS) is 25.6. The Labute approximate surface area is 83.4 Å². The van der Waals surface area contributed by atoms with Gasteiger partial charge in [0.15, 0.2) is 0 Å². The Hall–Kier alpha value is -1.10. The molecule has 1 rings (SSSR count). The Morgan fingerprint density at radius 3 is 2.50 bits per heavy atom. The maximum atomic E-state index is 11.1. The van der Waals surface area contributed by atoms with E-state index in [1.165, 1.54) is 0 Å². The summed E-state index contributed by atoms with van der Waals surface area (Å²) in [6.45, 7) is 2.43. The number of carbonyl (C=O) groups excluding carboxylic acids is 2. The number of piperidine rings is 1. The third-order valence-corrected chi connectivity index (χ3v) is 2.78. The van der Waals surface area contributed by atoms with Gasteiger partial charge in [-0.2, -0.15) is 0 Å². The number of hydrogen-bond acceptors (Lipinski definition) is 3.